The topological polar surface area (TPSA) is 55.1 Å². The Hall–Kier alpha value is -1.32. The largest absolute Gasteiger partial charge is 0.481 e. The summed E-state index contributed by atoms with van der Waals surface area (Å²) in [7, 11) is 1.89. The van der Waals surface area contributed by atoms with Gasteiger partial charge >= 0.3 is 5.97 Å². The van der Waals surface area contributed by atoms with Gasteiger partial charge in [-0.2, -0.15) is 0 Å². The van der Waals surface area contributed by atoms with E-state index in [4.69, 9.17) is 5.11 Å². The maximum atomic E-state index is 10.9. The molecular weight excluding hydrogens is 168 g/mol. The van der Waals surface area contributed by atoms with Crippen LogP contribution >= 0.6 is 0 Å². The number of imidazole rings is 1. The summed E-state index contributed by atoms with van der Waals surface area (Å²) in [6.07, 6.45) is 5.73. The van der Waals surface area contributed by atoms with Crippen molar-refractivity contribution in [3.8, 4) is 0 Å². The summed E-state index contributed by atoms with van der Waals surface area (Å²) in [6.45, 7) is 0. The average Bonchev–Trinajstić information content (AvgIpc) is 2.72. The smallest absolute Gasteiger partial charge is 0.310 e. The van der Waals surface area contributed by atoms with Gasteiger partial charge in [-0.05, 0) is 12.8 Å². The number of carboxylic acids is 1. The summed E-state index contributed by atoms with van der Waals surface area (Å²) in [5.41, 5.74) is 0.386. The molecule has 0 aliphatic heterocycles. The number of hydrogen-bond acceptors (Lipinski definition) is 2. The van der Waals surface area contributed by atoms with Gasteiger partial charge in [0, 0.05) is 19.7 Å². The van der Waals surface area contributed by atoms with E-state index >= 15 is 0 Å². The Kier molecular flexibility index (Phi) is 1.65. The minimum atomic E-state index is -0.682. The quantitative estimate of drug-likeness (QED) is 0.749. The summed E-state index contributed by atoms with van der Waals surface area (Å²) in [6, 6.07) is 0. The van der Waals surface area contributed by atoms with Crippen LogP contribution in [0.1, 0.15) is 18.5 Å². The molecule has 4 heteroatoms. The number of nitrogens with zero attached hydrogens (tertiary/aromatic N) is 2. The van der Waals surface area contributed by atoms with Crippen molar-refractivity contribution in [2.45, 2.75) is 19.3 Å². The predicted octanol–water partition coefficient (Wildman–Crippen LogP) is 0.827. The molecule has 70 valence electrons. The zero-order chi connectivity index (χ0) is 9.47. The Labute approximate surface area is 76.2 Å². The van der Waals surface area contributed by atoms with Crippen LogP contribution in [-0.2, 0) is 18.3 Å². The van der Waals surface area contributed by atoms with Crippen LogP contribution in [-0.4, -0.2) is 20.6 Å². The predicted molar refractivity (Wildman–Crippen MR) is 46.2 cm³/mol. The van der Waals surface area contributed by atoms with Crippen molar-refractivity contribution in [1.29, 1.82) is 0 Å². The third-order valence-electron chi connectivity index (χ3n) is 2.59. The Morgan fingerprint density at radius 3 is 2.85 bits per heavy atom. The van der Waals surface area contributed by atoms with E-state index in [-0.39, 0.29) is 0 Å². The van der Waals surface area contributed by atoms with Crippen molar-refractivity contribution in [3.63, 3.8) is 0 Å². The van der Waals surface area contributed by atoms with E-state index < -0.39 is 11.4 Å². The Morgan fingerprint density at radius 1 is 1.77 bits per heavy atom. The fraction of sp³-hybridized carbons (Fsp3) is 0.556. The van der Waals surface area contributed by atoms with Crippen LogP contribution in [0.15, 0.2) is 12.5 Å². The molecule has 4 nitrogen and oxygen atoms in total. The van der Waals surface area contributed by atoms with E-state index in [1.165, 1.54) is 0 Å². The Balaban J connectivity index is 2.10. The highest BCUT2D eigenvalue weighted by molar-refractivity contribution is 5.78. The molecule has 1 aliphatic carbocycles. The van der Waals surface area contributed by atoms with Gasteiger partial charge in [0.2, 0.25) is 0 Å². The second kappa shape index (κ2) is 2.58. The number of aryl methyl sites for hydroxylation is 1. The van der Waals surface area contributed by atoms with Crippen molar-refractivity contribution in [3.05, 3.63) is 18.2 Å². The summed E-state index contributed by atoms with van der Waals surface area (Å²) < 4.78 is 1.84. The van der Waals surface area contributed by atoms with E-state index in [0.717, 1.165) is 18.5 Å². The summed E-state index contributed by atoms with van der Waals surface area (Å²) in [4.78, 5) is 15.0. The fourth-order valence-corrected chi connectivity index (χ4v) is 1.52. The number of carboxylic acid groups (broad SMARTS) is 1. The molecule has 0 amide bonds. The second-order valence-electron chi connectivity index (χ2n) is 3.79. The first-order valence-electron chi connectivity index (χ1n) is 4.33. The molecule has 1 aromatic rings. The van der Waals surface area contributed by atoms with Crippen molar-refractivity contribution in [1.82, 2.24) is 9.55 Å². The lowest BCUT2D eigenvalue weighted by atomic mass is 10.0. The molecule has 13 heavy (non-hydrogen) atoms. The number of rotatable bonds is 3. The lowest BCUT2D eigenvalue weighted by Crippen LogP contribution is -2.17. The normalized spacial score (nSPS) is 18.5. The van der Waals surface area contributed by atoms with Gasteiger partial charge < -0.3 is 9.67 Å². The molecule has 0 spiro atoms. The molecule has 0 saturated heterocycles. The molecule has 0 atom stereocenters. The van der Waals surface area contributed by atoms with Gasteiger partial charge in [-0.3, -0.25) is 4.79 Å². The maximum Gasteiger partial charge on any atom is 0.310 e. The number of aromatic nitrogens is 2. The maximum absolute atomic E-state index is 10.9. The molecule has 1 saturated carbocycles. The lowest BCUT2D eigenvalue weighted by molar-refractivity contribution is -0.143. The van der Waals surface area contributed by atoms with Gasteiger partial charge in [-0.1, -0.05) is 0 Å². The van der Waals surface area contributed by atoms with Crippen LogP contribution in [0, 0.1) is 5.41 Å². The molecule has 0 aromatic carbocycles. The van der Waals surface area contributed by atoms with Crippen molar-refractivity contribution in [2.24, 2.45) is 12.5 Å². The Morgan fingerprint density at radius 2 is 2.46 bits per heavy atom. The lowest BCUT2D eigenvalue weighted by Gasteiger charge is -2.05. The van der Waals surface area contributed by atoms with Gasteiger partial charge in [0.15, 0.2) is 0 Å². The molecular formula is C9H12N2O2. The van der Waals surface area contributed by atoms with Gasteiger partial charge in [-0.25, -0.2) is 4.98 Å². The highest BCUT2D eigenvalue weighted by Gasteiger charge is 2.50. The average molecular weight is 180 g/mol. The molecule has 1 aromatic heterocycles. The summed E-state index contributed by atoms with van der Waals surface area (Å²) in [5, 5.41) is 8.94. The molecule has 2 rings (SSSR count). The van der Waals surface area contributed by atoms with E-state index in [2.05, 4.69) is 4.98 Å². The molecule has 1 heterocycles. The molecule has 0 radical (unpaired) electrons. The zero-order valence-corrected chi connectivity index (χ0v) is 7.53. The van der Waals surface area contributed by atoms with Gasteiger partial charge in [0.25, 0.3) is 0 Å². The van der Waals surface area contributed by atoms with Crippen LogP contribution in [0.3, 0.4) is 0 Å². The van der Waals surface area contributed by atoms with E-state index in [0.29, 0.717) is 6.42 Å². The van der Waals surface area contributed by atoms with Crippen LogP contribution < -0.4 is 0 Å². The fourth-order valence-electron chi connectivity index (χ4n) is 1.52. The third-order valence-corrected chi connectivity index (χ3v) is 2.59. The van der Waals surface area contributed by atoms with Crippen molar-refractivity contribution < 1.29 is 9.90 Å². The van der Waals surface area contributed by atoms with Gasteiger partial charge in [0.1, 0.15) is 0 Å². The minimum absolute atomic E-state index is 0.492. The highest BCUT2D eigenvalue weighted by Crippen LogP contribution is 2.48. The molecule has 1 aliphatic rings. The number of aliphatic carboxylic acids is 1. The van der Waals surface area contributed by atoms with Gasteiger partial charge in [0.05, 0.1) is 17.4 Å². The first-order valence-corrected chi connectivity index (χ1v) is 4.33. The first kappa shape index (κ1) is 8.29. The molecule has 0 unspecified atom stereocenters. The van der Waals surface area contributed by atoms with Gasteiger partial charge in [-0.15, -0.1) is 0 Å². The van der Waals surface area contributed by atoms with E-state index in [1.807, 2.05) is 17.8 Å². The third kappa shape index (κ3) is 1.43. The van der Waals surface area contributed by atoms with Crippen LogP contribution in [0.2, 0.25) is 0 Å². The molecule has 0 bridgehead atoms. The first-order chi connectivity index (χ1) is 6.12. The van der Waals surface area contributed by atoms with E-state index in [9.17, 15) is 4.79 Å². The number of hydrogen-bond donors (Lipinski definition) is 1. The van der Waals surface area contributed by atoms with Crippen LogP contribution in [0.4, 0.5) is 0 Å². The zero-order valence-electron chi connectivity index (χ0n) is 7.53. The van der Waals surface area contributed by atoms with Crippen LogP contribution in [0.25, 0.3) is 0 Å². The Bertz CT molecular complexity index is 339. The monoisotopic (exact) mass is 180 g/mol. The minimum Gasteiger partial charge on any atom is -0.481 e. The van der Waals surface area contributed by atoms with E-state index in [1.54, 1.807) is 6.33 Å². The highest BCUT2D eigenvalue weighted by atomic mass is 16.4. The van der Waals surface area contributed by atoms with Crippen molar-refractivity contribution in [2.75, 3.05) is 0 Å². The standard InChI is InChI=1S/C9H12N2O2/c1-11-5-7(10-6-11)4-9(2-3-9)8(12)13/h5-6H,2-4H2,1H3,(H,12,13). The molecule has 1 N–H and O–H groups in total. The molecule has 1 fully saturated rings. The van der Waals surface area contributed by atoms with Crippen LogP contribution in [0.5, 0.6) is 0 Å². The SMILES string of the molecule is Cn1cnc(CC2(C(=O)O)CC2)c1. The number of carbonyl (C=O) groups is 1. The summed E-state index contributed by atoms with van der Waals surface area (Å²) >= 11 is 0. The second-order valence-corrected chi connectivity index (χ2v) is 3.79. The summed E-state index contributed by atoms with van der Waals surface area (Å²) in [5.74, 6) is -0.682. The van der Waals surface area contributed by atoms with Crippen molar-refractivity contribution >= 4 is 5.97 Å².